The number of ether oxygens (including phenoxy) is 2. The van der Waals surface area contributed by atoms with Crippen LogP contribution in [-0.4, -0.2) is 32.3 Å². The van der Waals surface area contributed by atoms with Gasteiger partial charge in [-0.1, -0.05) is 22.4 Å². The third kappa shape index (κ3) is 3.24. The second-order valence-corrected chi connectivity index (χ2v) is 6.35. The van der Waals surface area contributed by atoms with Gasteiger partial charge in [-0.15, -0.1) is 0 Å². The van der Waals surface area contributed by atoms with Crippen LogP contribution in [0.5, 0.6) is 0 Å². The van der Waals surface area contributed by atoms with E-state index in [1.807, 2.05) is 0 Å². The first-order valence-electron chi connectivity index (χ1n) is 6.93. The Balaban J connectivity index is 1.66. The first-order valence-corrected chi connectivity index (χ1v) is 8.05. The molecule has 17 heavy (non-hydrogen) atoms. The normalized spacial score (nSPS) is 35.6. The fourth-order valence-electron chi connectivity index (χ4n) is 3.87. The molecule has 2 nitrogen and oxygen atoms in total. The van der Waals surface area contributed by atoms with Crippen molar-refractivity contribution in [2.45, 2.75) is 38.5 Å². The van der Waals surface area contributed by atoms with Gasteiger partial charge in [0, 0.05) is 19.0 Å². The summed E-state index contributed by atoms with van der Waals surface area (Å²) in [7, 11) is 1.72. The number of hydrogen-bond donors (Lipinski definition) is 0. The topological polar surface area (TPSA) is 18.5 Å². The monoisotopic (exact) mass is 304 g/mol. The molecule has 2 saturated carbocycles. The minimum Gasteiger partial charge on any atom is -0.382 e. The van der Waals surface area contributed by atoms with Crippen molar-refractivity contribution in [2.24, 2.45) is 17.3 Å². The van der Waals surface area contributed by atoms with Crippen molar-refractivity contribution in [1.82, 2.24) is 0 Å². The van der Waals surface area contributed by atoms with Crippen LogP contribution in [0.2, 0.25) is 0 Å². The summed E-state index contributed by atoms with van der Waals surface area (Å²) in [6.45, 7) is 2.35. The molecule has 2 aliphatic carbocycles. The highest BCUT2D eigenvalue weighted by atomic mass is 79.9. The summed E-state index contributed by atoms with van der Waals surface area (Å²) in [5.41, 5.74) is 0.605. The van der Waals surface area contributed by atoms with Gasteiger partial charge in [0.25, 0.3) is 0 Å². The van der Waals surface area contributed by atoms with Crippen molar-refractivity contribution in [3.63, 3.8) is 0 Å². The van der Waals surface area contributed by atoms with E-state index in [1.165, 1.54) is 43.9 Å². The molecular weight excluding hydrogens is 280 g/mol. The molecule has 3 heteroatoms. The van der Waals surface area contributed by atoms with E-state index in [9.17, 15) is 0 Å². The predicted octanol–water partition coefficient (Wildman–Crippen LogP) is 3.63. The Morgan fingerprint density at radius 3 is 2.71 bits per heavy atom. The average molecular weight is 305 g/mol. The minimum absolute atomic E-state index is 0.605. The number of methoxy groups -OCH3 is 1. The fourth-order valence-corrected chi connectivity index (χ4v) is 4.83. The van der Waals surface area contributed by atoms with Crippen LogP contribution < -0.4 is 0 Å². The van der Waals surface area contributed by atoms with E-state index < -0.39 is 0 Å². The van der Waals surface area contributed by atoms with Crippen molar-refractivity contribution in [3.8, 4) is 0 Å². The molecule has 0 spiro atoms. The third-order valence-electron chi connectivity index (χ3n) is 4.76. The maximum absolute atomic E-state index is 5.56. The van der Waals surface area contributed by atoms with Gasteiger partial charge in [-0.05, 0) is 49.4 Å². The summed E-state index contributed by atoms with van der Waals surface area (Å²) in [5, 5.41) is 1.19. The van der Waals surface area contributed by atoms with Gasteiger partial charge in [-0.3, -0.25) is 0 Å². The van der Waals surface area contributed by atoms with Crippen LogP contribution in [0, 0.1) is 17.3 Å². The smallest absolute Gasteiger partial charge is 0.0700 e. The van der Waals surface area contributed by atoms with Crippen molar-refractivity contribution < 1.29 is 9.47 Å². The van der Waals surface area contributed by atoms with Crippen molar-refractivity contribution in [3.05, 3.63) is 0 Å². The largest absolute Gasteiger partial charge is 0.382 e. The van der Waals surface area contributed by atoms with E-state index >= 15 is 0 Å². The highest BCUT2D eigenvalue weighted by molar-refractivity contribution is 9.09. The van der Waals surface area contributed by atoms with E-state index in [-0.39, 0.29) is 0 Å². The van der Waals surface area contributed by atoms with Crippen LogP contribution in [-0.2, 0) is 9.47 Å². The number of hydrogen-bond acceptors (Lipinski definition) is 2. The van der Waals surface area contributed by atoms with Gasteiger partial charge in [-0.25, -0.2) is 0 Å². The highest BCUT2D eigenvalue weighted by Crippen LogP contribution is 2.58. The van der Waals surface area contributed by atoms with Crippen LogP contribution in [0.25, 0.3) is 0 Å². The van der Waals surface area contributed by atoms with Gasteiger partial charge < -0.3 is 9.47 Å². The molecule has 2 bridgehead atoms. The standard InChI is InChI=1S/C14H25BrO2/c1-16-7-8-17-6-2-5-14(11-15)10-12-3-4-13(14)9-12/h12-13H,2-11H2,1H3. The van der Waals surface area contributed by atoms with Gasteiger partial charge in [0.15, 0.2) is 0 Å². The van der Waals surface area contributed by atoms with Crippen molar-refractivity contribution >= 4 is 15.9 Å². The summed E-state index contributed by atoms with van der Waals surface area (Å²) >= 11 is 3.77. The van der Waals surface area contributed by atoms with Gasteiger partial charge in [0.1, 0.15) is 0 Å². The molecule has 2 aliphatic rings. The molecule has 0 aromatic heterocycles. The van der Waals surface area contributed by atoms with Crippen molar-refractivity contribution in [1.29, 1.82) is 0 Å². The zero-order valence-electron chi connectivity index (χ0n) is 10.9. The van der Waals surface area contributed by atoms with E-state index in [2.05, 4.69) is 15.9 Å². The quantitative estimate of drug-likeness (QED) is 0.503. The van der Waals surface area contributed by atoms with E-state index in [0.29, 0.717) is 12.0 Å². The van der Waals surface area contributed by atoms with Gasteiger partial charge >= 0.3 is 0 Å². The Bertz CT molecular complexity index is 234. The molecule has 0 radical (unpaired) electrons. The summed E-state index contributed by atoms with van der Waals surface area (Å²) in [6.07, 6.45) is 8.46. The Hall–Kier alpha value is 0.400. The fraction of sp³-hybridized carbons (Fsp3) is 1.00. The second-order valence-electron chi connectivity index (χ2n) is 5.78. The zero-order chi connectivity index (χ0) is 12.1. The van der Waals surface area contributed by atoms with Crippen LogP contribution in [0.4, 0.5) is 0 Å². The summed E-state index contributed by atoms with van der Waals surface area (Å²) in [4.78, 5) is 0. The Labute approximate surface area is 114 Å². The Kier molecular flexibility index (Phi) is 5.31. The lowest BCUT2D eigenvalue weighted by Gasteiger charge is -2.36. The number of alkyl halides is 1. The molecule has 0 aromatic rings. The maximum atomic E-state index is 5.56. The predicted molar refractivity (Wildman–Crippen MR) is 73.6 cm³/mol. The number of halogens is 1. The molecule has 100 valence electrons. The molecule has 0 aliphatic heterocycles. The molecule has 0 N–H and O–H groups in total. The Morgan fingerprint density at radius 1 is 1.24 bits per heavy atom. The van der Waals surface area contributed by atoms with Crippen molar-refractivity contribution in [2.75, 3.05) is 32.3 Å². The number of fused-ring (bicyclic) bond motifs is 2. The lowest BCUT2D eigenvalue weighted by molar-refractivity contribution is 0.0603. The lowest BCUT2D eigenvalue weighted by atomic mass is 9.72. The van der Waals surface area contributed by atoms with Crippen LogP contribution >= 0.6 is 15.9 Å². The molecule has 3 unspecified atom stereocenters. The van der Waals surface area contributed by atoms with Gasteiger partial charge in [0.2, 0.25) is 0 Å². The molecule has 0 heterocycles. The van der Waals surface area contributed by atoms with Crippen LogP contribution in [0.1, 0.15) is 38.5 Å². The highest BCUT2D eigenvalue weighted by Gasteiger charge is 2.49. The van der Waals surface area contributed by atoms with E-state index in [0.717, 1.165) is 25.0 Å². The molecule has 2 fully saturated rings. The zero-order valence-corrected chi connectivity index (χ0v) is 12.5. The second kappa shape index (κ2) is 6.53. The van der Waals surface area contributed by atoms with Gasteiger partial charge in [-0.2, -0.15) is 0 Å². The molecular formula is C14H25BrO2. The summed E-state index contributed by atoms with van der Waals surface area (Å²) < 4.78 is 10.5. The van der Waals surface area contributed by atoms with Gasteiger partial charge in [0.05, 0.1) is 13.2 Å². The van der Waals surface area contributed by atoms with Crippen LogP contribution in [0.3, 0.4) is 0 Å². The lowest BCUT2D eigenvalue weighted by Crippen LogP contribution is -2.30. The molecule has 0 amide bonds. The summed E-state index contributed by atoms with van der Waals surface area (Å²) in [6, 6.07) is 0. The first kappa shape index (κ1) is 13.8. The first-order chi connectivity index (χ1) is 8.30. The van der Waals surface area contributed by atoms with E-state index in [1.54, 1.807) is 7.11 Å². The van der Waals surface area contributed by atoms with Crippen LogP contribution in [0.15, 0.2) is 0 Å². The molecule has 0 saturated heterocycles. The SMILES string of the molecule is COCCOCCCC1(CBr)CC2CCC1C2. The molecule has 3 atom stereocenters. The minimum atomic E-state index is 0.605. The molecule has 0 aromatic carbocycles. The number of rotatable bonds is 8. The average Bonchev–Trinajstić information content (AvgIpc) is 2.94. The maximum Gasteiger partial charge on any atom is 0.0700 e. The summed E-state index contributed by atoms with van der Waals surface area (Å²) in [5.74, 6) is 2.03. The van der Waals surface area contributed by atoms with E-state index in [4.69, 9.17) is 9.47 Å². The Morgan fingerprint density at radius 2 is 2.12 bits per heavy atom. The third-order valence-corrected chi connectivity index (χ3v) is 5.88. The molecule has 2 rings (SSSR count).